The van der Waals surface area contributed by atoms with Crippen molar-refractivity contribution in [2.24, 2.45) is 0 Å². The fraction of sp³-hybridized carbons (Fsp3) is 0.909. The second kappa shape index (κ2) is 7.35. The van der Waals surface area contributed by atoms with Gasteiger partial charge in [-0.3, -0.25) is 4.79 Å². The fourth-order valence-electron chi connectivity index (χ4n) is 1.38. The van der Waals surface area contributed by atoms with Crippen LogP contribution in [0, 0.1) is 0 Å². The van der Waals surface area contributed by atoms with E-state index in [2.05, 4.69) is 0 Å². The van der Waals surface area contributed by atoms with Crippen LogP contribution in [0.2, 0.25) is 0 Å². The lowest BCUT2D eigenvalue weighted by atomic mass is 10.5. The fourth-order valence-corrected chi connectivity index (χ4v) is 4.15. The van der Waals surface area contributed by atoms with Crippen LogP contribution in [0.15, 0.2) is 0 Å². The van der Waals surface area contributed by atoms with Crippen LogP contribution >= 0.6 is 0 Å². The molecular formula is C11H24AlO5-. The van der Waals surface area contributed by atoms with Gasteiger partial charge in [0, 0.05) is 6.92 Å². The van der Waals surface area contributed by atoms with Crippen LogP contribution in [0.5, 0.6) is 0 Å². The molecule has 0 aliphatic heterocycles. The predicted molar refractivity (Wildman–Crippen MR) is 66.2 cm³/mol. The summed E-state index contributed by atoms with van der Waals surface area (Å²) in [5, 5.41) is 0. The average molecular weight is 263 g/mol. The molecule has 0 heterocycles. The number of carbonyl (C=O) groups excluding carboxylic acids is 1. The summed E-state index contributed by atoms with van der Waals surface area (Å²) in [7, 11) is 0. The Balaban J connectivity index is 4.96. The van der Waals surface area contributed by atoms with Crippen LogP contribution in [-0.4, -0.2) is 38.7 Å². The van der Waals surface area contributed by atoms with E-state index in [-0.39, 0.29) is 18.3 Å². The molecule has 0 saturated heterocycles. The Morgan fingerprint density at radius 3 is 1.29 bits per heavy atom. The van der Waals surface area contributed by atoms with Crippen LogP contribution in [0.4, 0.5) is 0 Å². The summed E-state index contributed by atoms with van der Waals surface area (Å²) < 4.78 is 22.2. The molecule has 0 amide bonds. The summed E-state index contributed by atoms with van der Waals surface area (Å²) in [6.07, 6.45) is -0.384. The second-order valence-electron chi connectivity index (χ2n) is 4.74. The summed E-state index contributed by atoms with van der Waals surface area (Å²) in [5.41, 5.74) is 0. The van der Waals surface area contributed by atoms with Crippen molar-refractivity contribution >= 4 is 20.4 Å². The molecule has 0 aromatic rings. The van der Waals surface area contributed by atoms with Crippen LogP contribution in [0.1, 0.15) is 48.5 Å². The minimum Gasteiger partial charge on any atom is -0.705 e. The van der Waals surface area contributed by atoms with Crippen molar-refractivity contribution in [1.82, 2.24) is 0 Å². The van der Waals surface area contributed by atoms with Gasteiger partial charge in [-0.05, 0) is 59.9 Å². The third kappa shape index (κ3) is 7.74. The molecule has 6 heteroatoms. The second-order valence-corrected chi connectivity index (χ2v) is 6.95. The first-order valence-corrected chi connectivity index (χ1v) is 7.91. The summed E-state index contributed by atoms with van der Waals surface area (Å²) in [6, 6.07) is 0. The first kappa shape index (κ1) is 16.9. The van der Waals surface area contributed by atoms with Gasteiger partial charge in [-0.2, -0.15) is 0 Å². The highest BCUT2D eigenvalue weighted by atomic mass is 27.3. The van der Waals surface area contributed by atoms with E-state index >= 15 is 0 Å². The zero-order valence-electron chi connectivity index (χ0n) is 11.9. The first-order valence-electron chi connectivity index (χ1n) is 6.02. The van der Waals surface area contributed by atoms with E-state index < -0.39 is 20.4 Å². The van der Waals surface area contributed by atoms with Crippen molar-refractivity contribution in [3.63, 3.8) is 0 Å². The highest BCUT2D eigenvalue weighted by Crippen LogP contribution is 2.19. The molecule has 0 unspecified atom stereocenters. The van der Waals surface area contributed by atoms with E-state index in [1.807, 2.05) is 41.5 Å². The SMILES string of the molecule is CC(=O)[O][Al-]([O]C(C)C)([O]C(C)C)[O]C(C)C. The van der Waals surface area contributed by atoms with Crippen molar-refractivity contribution in [1.29, 1.82) is 0 Å². The maximum Gasteiger partial charge on any atom is 0.961 e. The quantitative estimate of drug-likeness (QED) is 0.659. The Hall–Kier alpha value is -0.118. The molecule has 0 radical (unpaired) electrons. The molecule has 0 N–H and O–H groups in total. The van der Waals surface area contributed by atoms with Gasteiger partial charge < -0.3 is 15.2 Å². The normalized spacial score (nSPS) is 12.6. The van der Waals surface area contributed by atoms with E-state index in [9.17, 15) is 4.79 Å². The van der Waals surface area contributed by atoms with Gasteiger partial charge in [0.15, 0.2) is 0 Å². The Morgan fingerprint density at radius 1 is 0.824 bits per heavy atom. The lowest BCUT2D eigenvalue weighted by Crippen LogP contribution is -2.54. The summed E-state index contributed by atoms with van der Waals surface area (Å²) in [6.45, 7) is 12.4. The zero-order chi connectivity index (χ0) is 13.6. The van der Waals surface area contributed by atoms with Crippen molar-refractivity contribution in [3.8, 4) is 0 Å². The molecule has 0 fully saturated rings. The molecular weight excluding hydrogens is 239 g/mol. The predicted octanol–water partition coefficient (Wildman–Crippen LogP) is 2.26. The molecule has 17 heavy (non-hydrogen) atoms. The maximum absolute atomic E-state index is 11.2. The Bertz CT molecular complexity index is 213. The van der Waals surface area contributed by atoms with Crippen molar-refractivity contribution in [2.45, 2.75) is 66.8 Å². The van der Waals surface area contributed by atoms with E-state index in [1.54, 1.807) is 0 Å². The first-order chi connectivity index (χ1) is 7.67. The topological polar surface area (TPSA) is 54.0 Å². The van der Waals surface area contributed by atoms with Crippen LogP contribution in [0.25, 0.3) is 0 Å². The molecule has 0 atom stereocenters. The Kier molecular flexibility index (Phi) is 7.30. The van der Waals surface area contributed by atoms with E-state index in [0.717, 1.165) is 0 Å². The summed E-state index contributed by atoms with van der Waals surface area (Å²) in [5.74, 6) is -0.447. The van der Waals surface area contributed by atoms with Crippen LogP contribution in [0.3, 0.4) is 0 Å². The molecule has 0 aromatic carbocycles. The van der Waals surface area contributed by atoms with Crippen LogP contribution < -0.4 is 0 Å². The highest BCUT2D eigenvalue weighted by Gasteiger charge is 2.53. The molecule has 102 valence electrons. The smallest absolute Gasteiger partial charge is 0.705 e. The maximum atomic E-state index is 11.2. The Labute approximate surface area is 107 Å². The summed E-state index contributed by atoms with van der Waals surface area (Å²) >= 11 is -3.72. The molecule has 0 bridgehead atoms. The third-order valence-corrected chi connectivity index (χ3v) is 4.88. The van der Waals surface area contributed by atoms with E-state index in [4.69, 9.17) is 15.2 Å². The van der Waals surface area contributed by atoms with Gasteiger partial charge in [0.25, 0.3) is 0 Å². The third-order valence-electron chi connectivity index (χ3n) is 1.63. The standard InChI is InChI=1S/3C3H7O.C2H4O2.Al/c3*1-3(2)4;1-2(3)4;/h3*3H,1-2H3;1H3,(H,3,4);/q3*-1;;+3/p-1. The lowest BCUT2D eigenvalue weighted by molar-refractivity contribution is -0.146. The van der Waals surface area contributed by atoms with Gasteiger partial charge in [0.05, 0.1) is 0 Å². The van der Waals surface area contributed by atoms with Crippen molar-refractivity contribution in [3.05, 3.63) is 0 Å². The van der Waals surface area contributed by atoms with Gasteiger partial charge >= 0.3 is 14.4 Å². The number of hydrogen-bond donors (Lipinski definition) is 0. The Morgan fingerprint density at radius 2 is 1.12 bits per heavy atom. The molecule has 0 aliphatic carbocycles. The van der Waals surface area contributed by atoms with Crippen LogP contribution in [-0.2, 0) is 19.9 Å². The van der Waals surface area contributed by atoms with Gasteiger partial charge in [-0.25, -0.2) is 0 Å². The number of rotatable bonds is 7. The average Bonchev–Trinajstić information content (AvgIpc) is 1.95. The number of hydrogen-bond acceptors (Lipinski definition) is 5. The van der Waals surface area contributed by atoms with Crippen molar-refractivity contribution < 1.29 is 19.9 Å². The molecule has 0 aromatic heterocycles. The molecule has 5 nitrogen and oxygen atoms in total. The largest absolute Gasteiger partial charge is 0.961 e. The molecule has 0 rings (SSSR count). The monoisotopic (exact) mass is 263 g/mol. The highest BCUT2D eigenvalue weighted by molar-refractivity contribution is 6.55. The minimum atomic E-state index is -3.72. The lowest BCUT2D eigenvalue weighted by Gasteiger charge is -2.40. The molecule has 0 saturated carbocycles. The van der Waals surface area contributed by atoms with Gasteiger partial charge in [-0.15, -0.1) is 0 Å². The van der Waals surface area contributed by atoms with Gasteiger partial charge in [0.1, 0.15) is 0 Å². The van der Waals surface area contributed by atoms with Gasteiger partial charge in [0.2, 0.25) is 5.97 Å². The van der Waals surface area contributed by atoms with Crippen molar-refractivity contribution in [2.75, 3.05) is 0 Å². The van der Waals surface area contributed by atoms with E-state index in [1.165, 1.54) is 6.92 Å². The zero-order valence-corrected chi connectivity index (χ0v) is 13.0. The number of carbonyl (C=O) groups is 1. The van der Waals surface area contributed by atoms with Gasteiger partial charge in [-0.1, -0.05) is 0 Å². The van der Waals surface area contributed by atoms with E-state index in [0.29, 0.717) is 0 Å². The summed E-state index contributed by atoms with van der Waals surface area (Å²) in [4.78, 5) is 11.2. The molecule has 0 aliphatic rings. The molecule has 0 spiro atoms. The minimum absolute atomic E-state index is 0.128.